The van der Waals surface area contributed by atoms with Crippen LogP contribution in [0.5, 0.6) is 0 Å². The molecule has 0 aromatic rings. The molecular formula is C13H23N3O5. The van der Waals surface area contributed by atoms with Gasteiger partial charge in [-0.25, -0.2) is 0 Å². The van der Waals surface area contributed by atoms with E-state index in [1.165, 1.54) is 0 Å². The largest absolute Gasteiger partial charge is 0.372 e. The summed E-state index contributed by atoms with van der Waals surface area (Å²) in [5.74, 6) is 0. The Hall–Kier alpha value is -0.320. The average molecular weight is 301 g/mol. The molecule has 120 valence electrons. The van der Waals surface area contributed by atoms with Crippen LogP contribution in [0.4, 0.5) is 0 Å². The highest BCUT2D eigenvalue weighted by Gasteiger charge is 2.48. The number of epoxide rings is 4. The lowest BCUT2D eigenvalue weighted by Gasteiger charge is -2.09. The van der Waals surface area contributed by atoms with E-state index in [0.29, 0.717) is 6.10 Å². The van der Waals surface area contributed by atoms with Crippen molar-refractivity contribution in [3.63, 3.8) is 0 Å². The first kappa shape index (κ1) is 14.3. The maximum Gasteiger partial charge on any atom is 0.199 e. The van der Waals surface area contributed by atoms with Crippen LogP contribution in [-0.2, 0) is 23.7 Å². The van der Waals surface area contributed by atoms with Crippen molar-refractivity contribution in [1.82, 2.24) is 16.0 Å². The van der Waals surface area contributed by atoms with E-state index in [9.17, 15) is 0 Å². The van der Waals surface area contributed by atoms with Crippen molar-refractivity contribution in [3.8, 4) is 0 Å². The highest BCUT2D eigenvalue weighted by Crippen LogP contribution is 2.27. The lowest BCUT2D eigenvalue weighted by Crippen LogP contribution is -2.39. The van der Waals surface area contributed by atoms with Crippen LogP contribution in [0.2, 0.25) is 0 Å². The Bertz CT molecular complexity index is 383. The molecule has 4 heterocycles. The first-order chi connectivity index (χ1) is 10.2. The van der Waals surface area contributed by atoms with Crippen LogP contribution in [0.1, 0.15) is 6.92 Å². The van der Waals surface area contributed by atoms with Gasteiger partial charge in [0, 0.05) is 26.2 Å². The number of hydrogen-bond acceptors (Lipinski definition) is 8. The van der Waals surface area contributed by atoms with E-state index in [0.717, 1.165) is 19.7 Å². The standard InChI is InChI=1S/C13H23N3O5/c1-6(9-11(20-9)14-3-7-5-18-7)16-10-8(19-10)4-15-12-13(17-2)21-12/h6-16H,3-5H2,1-2H3. The minimum Gasteiger partial charge on any atom is -0.372 e. The van der Waals surface area contributed by atoms with E-state index in [2.05, 4.69) is 22.9 Å². The van der Waals surface area contributed by atoms with Gasteiger partial charge in [-0.2, -0.15) is 0 Å². The zero-order chi connectivity index (χ0) is 14.4. The number of rotatable bonds is 10. The minimum absolute atomic E-state index is 0.0160. The summed E-state index contributed by atoms with van der Waals surface area (Å²) in [6.07, 6.45) is 0.961. The van der Waals surface area contributed by atoms with Gasteiger partial charge < -0.3 is 23.7 Å². The van der Waals surface area contributed by atoms with E-state index in [-0.39, 0.29) is 43.2 Å². The Morgan fingerprint density at radius 1 is 1.10 bits per heavy atom. The molecule has 3 N–H and O–H groups in total. The highest BCUT2D eigenvalue weighted by molar-refractivity contribution is 4.96. The fourth-order valence-electron chi connectivity index (χ4n) is 2.56. The molecule has 4 aliphatic rings. The second-order valence-corrected chi connectivity index (χ2v) is 6.00. The first-order valence-corrected chi connectivity index (χ1v) is 7.58. The third-order valence-electron chi connectivity index (χ3n) is 4.18. The SMILES string of the molecule is COC1OC1NCC1OC1NC(C)C1OC1NCC1CO1. The monoisotopic (exact) mass is 301 g/mol. The molecule has 8 nitrogen and oxygen atoms in total. The summed E-state index contributed by atoms with van der Waals surface area (Å²) in [4.78, 5) is 0. The summed E-state index contributed by atoms with van der Waals surface area (Å²) in [6.45, 7) is 4.64. The Labute approximate surface area is 123 Å². The lowest BCUT2D eigenvalue weighted by atomic mass is 10.2. The van der Waals surface area contributed by atoms with E-state index >= 15 is 0 Å². The van der Waals surface area contributed by atoms with Gasteiger partial charge in [0.25, 0.3) is 0 Å². The van der Waals surface area contributed by atoms with Crippen molar-refractivity contribution in [3.05, 3.63) is 0 Å². The van der Waals surface area contributed by atoms with Crippen LogP contribution in [-0.4, -0.2) is 76.1 Å². The molecule has 0 saturated carbocycles. The van der Waals surface area contributed by atoms with Crippen LogP contribution < -0.4 is 16.0 Å². The van der Waals surface area contributed by atoms with Gasteiger partial charge in [-0.3, -0.25) is 16.0 Å². The molecule has 4 rings (SSSR count). The molecule has 8 heteroatoms. The van der Waals surface area contributed by atoms with Gasteiger partial charge in [0.05, 0.1) is 12.7 Å². The van der Waals surface area contributed by atoms with Gasteiger partial charge >= 0.3 is 0 Å². The fourth-order valence-corrected chi connectivity index (χ4v) is 2.56. The molecular weight excluding hydrogens is 278 g/mol. The molecule has 0 bridgehead atoms. The molecule has 4 saturated heterocycles. The van der Waals surface area contributed by atoms with Crippen molar-refractivity contribution < 1.29 is 23.7 Å². The molecule has 0 amide bonds. The molecule has 0 radical (unpaired) electrons. The molecule has 0 spiro atoms. The predicted molar refractivity (Wildman–Crippen MR) is 71.3 cm³/mol. The van der Waals surface area contributed by atoms with E-state index in [1.54, 1.807) is 7.11 Å². The molecule has 8 unspecified atom stereocenters. The Kier molecular flexibility index (Phi) is 3.88. The van der Waals surface area contributed by atoms with Gasteiger partial charge in [-0.1, -0.05) is 0 Å². The van der Waals surface area contributed by atoms with E-state index < -0.39 is 0 Å². The van der Waals surface area contributed by atoms with Gasteiger partial charge in [-0.15, -0.1) is 0 Å². The molecule has 8 atom stereocenters. The van der Waals surface area contributed by atoms with Gasteiger partial charge in [0.15, 0.2) is 12.5 Å². The first-order valence-electron chi connectivity index (χ1n) is 7.58. The fraction of sp³-hybridized carbons (Fsp3) is 1.00. The van der Waals surface area contributed by atoms with Crippen molar-refractivity contribution in [1.29, 1.82) is 0 Å². The molecule has 4 aliphatic heterocycles. The zero-order valence-corrected chi connectivity index (χ0v) is 12.3. The molecule has 0 aromatic heterocycles. The number of ether oxygens (including phenoxy) is 5. The van der Waals surface area contributed by atoms with Crippen LogP contribution in [0.25, 0.3) is 0 Å². The number of methoxy groups -OCH3 is 1. The molecule has 0 aromatic carbocycles. The van der Waals surface area contributed by atoms with Gasteiger partial charge in [-0.05, 0) is 6.92 Å². The number of nitrogens with one attached hydrogen (secondary N) is 3. The molecule has 21 heavy (non-hydrogen) atoms. The van der Waals surface area contributed by atoms with Crippen LogP contribution in [0.3, 0.4) is 0 Å². The predicted octanol–water partition coefficient (Wildman–Crippen LogP) is -1.68. The number of hydrogen-bond donors (Lipinski definition) is 3. The summed E-state index contributed by atoms with van der Waals surface area (Å²) >= 11 is 0. The third-order valence-corrected chi connectivity index (χ3v) is 4.18. The highest BCUT2D eigenvalue weighted by atomic mass is 16.8. The Balaban J connectivity index is 1.07. The minimum atomic E-state index is -0.101. The van der Waals surface area contributed by atoms with Gasteiger partial charge in [0.1, 0.15) is 24.7 Å². The topological polar surface area (TPSA) is 95.4 Å². The maximum atomic E-state index is 5.62. The van der Waals surface area contributed by atoms with Crippen molar-refractivity contribution in [2.75, 3.05) is 26.8 Å². The van der Waals surface area contributed by atoms with Crippen molar-refractivity contribution in [2.24, 2.45) is 0 Å². The van der Waals surface area contributed by atoms with Crippen LogP contribution in [0.15, 0.2) is 0 Å². The lowest BCUT2D eigenvalue weighted by molar-refractivity contribution is 0.0950. The normalized spacial score (nSPS) is 48.0. The maximum absolute atomic E-state index is 5.62. The quantitative estimate of drug-likeness (QED) is 0.412. The Morgan fingerprint density at radius 2 is 1.90 bits per heavy atom. The summed E-state index contributed by atoms with van der Waals surface area (Å²) < 4.78 is 26.6. The van der Waals surface area contributed by atoms with Crippen molar-refractivity contribution >= 4 is 0 Å². The Morgan fingerprint density at radius 3 is 2.62 bits per heavy atom. The summed E-state index contributed by atoms with van der Waals surface area (Å²) in [5.41, 5.74) is 0. The average Bonchev–Trinajstić information content (AvgIpc) is 3.32. The molecule has 4 fully saturated rings. The van der Waals surface area contributed by atoms with Crippen LogP contribution >= 0.6 is 0 Å². The summed E-state index contributed by atoms with van der Waals surface area (Å²) in [6, 6.07) is 0.265. The smallest absolute Gasteiger partial charge is 0.199 e. The van der Waals surface area contributed by atoms with E-state index in [1.807, 2.05) is 0 Å². The zero-order valence-electron chi connectivity index (χ0n) is 12.3. The van der Waals surface area contributed by atoms with Crippen LogP contribution in [0, 0.1) is 0 Å². The van der Waals surface area contributed by atoms with Gasteiger partial charge in [0.2, 0.25) is 0 Å². The summed E-state index contributed by atoms with van der Waals surface area (Å²) in [7, 11) is 1.64. The third kappa shape index (κ3) is 3.72. The van der Waals surface area contributed by atoms with E-state index in [4.69, 9.17) is 23.7 Å². The second-order valence-electron chi connectivity index (χ2n) is 6.00. The second kappa shape index (κ2) is 5.71. The molecule has 0 aliphatic carbocycles. The van der Waals surface area contributed by atoms with Crippen molar-refractivity contribution in [2.45, 2.75) is 56.3 Å². The summed E-state index contributed by atoms with van der Waals surface area (Å²) in [5, 5.41) is 10.0.